The Morgan fingerprint density at radius 2 is 2.24 bits per heavy atom. The van der Waals surface area contributed by atoms with Crippen molar-refractivity contribution in [3.05, 3.63) is 18.2 Å². The summed E-state index contributed by atoms with van der Waals surface area (Å²) in [5.74, 6) is 0.385. The van der Waals surface area contributed by atoms with Crippen LogP contribution in [0.15, 0.2) is 18.2 Å². The maximum Gasteiger partial charge on any atom is 0.262 e. The Kier molecular flexibility index (Phi) is 3.55. The number of ether oxygens (including phenoxy) is 1. The van der Waals surface area contributed by atoms with Gasteiger partial charge in [0.2, 0.25) is 5.91 Å². The smallest absolute Gasteiger partial charge is 0.262 e. The molecule has 0 spiro atoms. The molecule has 21 heavy (non-hydrogen) atoms. The molecule has 1 aromatic carbocycles. The van der Waals surface area contributed by atoms with Crippen LogP contribution in [0.3, 0.4) is 0 Å². The lowest BCUT2D eigenvalue weighted by Crippen LogP contribution is -2.40. The van der Waals surface area contributed by atoms with Gasteiger partial charge in [0.05, 0.1) is 5.69 Å². The van der Waals surface area contributed by atoms with Crippen LogP contribution in [0, 0.1) is 5.41 Å². The fourth-order valence-electron chi connectivity index (χ4n) is 2.84. The lowest BCUT2D eigenvalue weighted by atomic mass is 9.66. The van der Waals surface area contributed by atoms with E-state index in [-0.39, 0.29) is 23.8 Å². The van der Waals surface area contributed by atoms with Crippen LogP contribution < -0.4 is 21.1 Å². The fourth-order valence-corrected chi connectivity index (χ4v) is 2.84. The number of rotatable bonds is 4. The Morgan fingerprint density at radius 3 is 2.90 bits per heavy atom. The van der Waals surface area contributed by atoms with Crippen LogP contribution >= 0.6 is 0 Å². The lowest BCUT2D eigenvalue weighted by molar-refractivity contribution is -0.120. The molecule has 112 valence electrons. The van der Waals surface area contributed by atoms with Gasteiger partial charge in [0.25, 0.3) is 5.91 Å². The van der Waals surface area contributed by atoms with Crippen molar-refractivity contribution >= 4 is 23.2 Å². The molecule has 1 aliphatic heterocycles. The molecular formula is C15H19N3O3. The van der Waals surface area contributed by atoms with E-state index in [9.17, 15) is 9.59 Å². The highest BCUT2D eigenvalue weighted by Gasteiger charge is 2.37. The maximum atomic E-state index is 12.1. The number of carbonyl (C=O) groups excluding carboxylic acids is 2. The quantitative estimate of drug-likeness (QED) is 0.782. The molecule has 0 radical (unpaired) electrons. The number of nitrogens with one attached hydrogen (secondary N) is 2. The molecule has 0 unspecified atom stereocenters. The molecule has 4 N–H and O–H groups in total. The predicted octanol–water partition coefficient (Wildman–Crippen LogP) is 1.48. The van der Waals surface area contributed by atoms with Crippen molar-refractivity contribution in [1.29, 1.82) is 0 Å². The van der Waals surface area contributed by atoms with Gasteiger partial charge in [-0.05, 0) is 43.0 Å². The number of fused-ring (bicyclic) bond motifs is 1. The number of amides is 2. The Morgan fingerprint density at radius 1 is 1.43 bits per heavy atom. The molecule has 0 aromatic heterocycles. The number of hydrogen-bond donors (Lipinski definition) is 3. The summed E-state index contributed by atoms with van der Waals surface area (Å²) in [4.78, 5) is 23.4. The number of nitrogens with two attached hydrogens (primary N) is 1. The topological polar surface area (TPSA) is 93.5 Å². The molecule has 1 saturated carbocycles. The summed E-state index contributed by atoms with van der Waals surface area (Å²) in [7, 11) is 0. The van der Waals surface area contributed by atoms with Crippen molar-refractivity contribution in [3.8, 4) is 5.75 Å². The third-order valence-corrected chi connectivity index (χ3v) is 4.28. The number of hydrogen-bond acceptors (Lipinski definition) is 4. The fraction of sp³-hybridized carbons (Fsp3) is 0.467. The summed E-state index contributed by atoms with van der Waals surface area (Å²) in [6, 6.07) is 5.22. The predicted molar refractivity (Wildman–Crippen MR) is 79.2 cm³/mol. The second-order valence-electron chi connectivity index (χ2n) is 5.83. The van der Waals surface area contributed by atoms with Crippen molar-refractivity contribution in [2.24, 2.45) is 11.1 Å². The van der Waals surface area contributed by atoms with E-state index < -0.39 is 0 Å². The summed E-state index contributed by atoms with van der Waals surface area (Å²) >= 11 is 0. The first-order chi connectivity index (χ1) is 10.1. The van der Waals surface area contributed by atoms with Gasteiger partial charge in [0, 0.05) is 12.1 Å². The normalized spacial score (nSPS) is 18.8. The zero-order chi connectivity index (χ0) is 14.9. The minimum atomic E-state index is -0.192. The van der Waals surface area contributed by atoms with Crippen LogP contribution in [-0.4, -0.2) is 25.0 Å². The molecule has 2 aliphatic rings. The molecule has 6 heteroatoms. The molecule has 1 aliphatic carbocycles. The van der Waals surface area contributed by atoms with E-state index in [4.69, 9.17) is 10.5 Å². The Hall–Kier alpha value is -2.08. The minimum Gasteiger partial charge on any atom is -0.482 e. The summed E-state index contributed by atoms with van der Waals surface area (Å²) in [5, 5.41) is 5.58. The van der Waals surface area contributed by atoms with Crippen LogP contribution in [0.4, 0.5) is 11.4 Å². The van der Waals surface area contributed by atoms with Gasteiger partial charge in [-0.1, -0.05) is 6.42 Å². The zero-order valence-electron chi connectivity index (χ0n) is 11.8. The first-order valence-corrected chi connectivity index (χ1v) is 7.17. The van der Waals surface area contributed by atoms with Gasteiger partial charge in [0.1, 0.15) is 5.75 Å². The van der Waals surface area contributed by atoms with Crippen LogP contribution in [0.5, 0.6) is 5.75 Å². The molecule has 2 amide bonds. The monoisotopic (exact) mass is 289 g/mol. The molecule has 1 aromatic rings. The Bertz CT molecular complexity index is 576. The SMILES string of the molecule is NCC1(CC(=O)Nc2ccc3c(c2)NC(=O)CO3)CCC1. The Balaban J connectivity index is 1.66. The number of carbonyl (C=O) groups is 2. The molecule has 0 bridgehead atoms. The van der Waals surface area contributed by atoms with Crippen LogP contribution in [-0.2, 0) is 9.59 Å². The largest absolute Gasteiger partial charge is 0.482 e. The average Bonchev–Trinajstić information content (AvgIpc) is 2.42. The second-order valence-corrected chi connectivity index (χ2v) is 5.83. The van der Waals surface area contributed by atoms with Gasteiger partial charge in [-0.3, -0.25) is 9.59 Å². The highest BCUT2D eigenvalue weighted by Crippen LogP contribution is 2.43. The molecule has 6 nitrogen and oxygen atoms in total. The van der Waals surface area contributed by atoms with E-state index in [2.05, 4.69) is 10.6 Å². The van der Waals surface area contributed by atoms with Crippen molar-refractivity contribution in [1.82, 2.24) is 0 Å². The van der Waals surface area contributed by atoms with Crippen molar-refractivity contribution in [2.75, 3.05) is 23.8 Å². The van der Waals surface area contributed by atoms with E-state index in [1.807, 2.05) is 0 Å². The summed E-state index contributed by atoms with van der Waals surface area (Å²) in [6.45, 7) is 0.576. The van der Waals surface area contributed by atoms with Gasteiger partial charge in [-0.25, -0.2) is 0 Å². The van der Waals surface area contributed by atoms with E-state index in [0.717, 1.165) is 19.3 Å². The lowest BCUT2D eigenvalue weighted by Gasteiger charge is -2.40. The maximum absolute atomic E-state index is 12.1. The summed E-state index contributed by atoms with van der Waals surface area (Å²) < 4.78 is 5.28. The molecule has 1 fully saturated rings. The summed E-state index contributed by atoms with van der Waals surface area (Å²) in [6.07, 6.45) is 3.63. The first-order valence-electron chi connectivity index (χ1n) is 7.17. The van der Waals surface area contributed by atoms with Gasteiger partial charge in [-0.2, -0.15) is 0 Å². The molecule has 3 rings (SSSR count). The third-order valence-electron chi connectivity index (χ3n) is 4.28. The van der Waals surface area contributed by atoms with Crippen LogP contribution in [0.1, 0.15) is 25.7 Å². The van der Waals surface area contributed by atoms with Crippen LogP contribution in [0.2, 0.25) is 0 Å². The molecule has 0 saturated heterocycles. The van der Waals surface area contributed by atoms with Gasteiger partial charge >= 0.3 is 0 Å². The highest BCUT2D eigenvalue weighted by molar-refractivity contribution is 5.97. The first kappa shape index (κ1) is 13.9. The number of benzene rings is 1. The second kappa shape index (κ2) is 5.37. The molecule has 1 heterocycles. The highest BCUT2D eigenvalue weighted by atomic mass is 16.5. The van der Waals surface area contributed by atoms with E-state index >= 15 is 0 Å². The minimum absolute atomic E-state index is 0.0182. The third kappa shape index (κ3) is 2.85. The van der Waals surface area contributed by atoms with Crippen LogP contribution in [0.25, 0.3) is 0 Å². The van der Waals surface area contributed by atoms with Crippen molar-refractivity contribution in [3.63, 3.8) is 0 Å². The average molecular weight is 289 g/mol. The van der Waals surface area contributed by atoms with Gasteiger partial charge in [0.15, 0.2) is 6.61 Å². The van der Waals surface area contributed by atoms with Gasteiger partial charge < -0.3 is 21.1 Å². The Labute approximate surface area is 123 Å². The molecule has 0 atom stereocenters. The standard InChI is InChI=1S/C15H19N3O3/c16-9-15(4-1-5-15)7-13(19)17-10-2-3-12-11(6-10)18-14(20)8-21-12/h2-3,6H,1,4-5,7-9,16H2,(H,17,19)(H,18,20). The zero-order valence-corrected chi connectivity index (χ0v) is 11.8. The summed E-state index contributed by atoms with van der Waals surface area (Å²) in [5.41, 5.74) is 6.99. The van der Waals surface area contributed by atoms with Crippen molar-refractivity contribution < 1.29 is 14.3 Å². The van der Waals surface area contributed by atoms with E-state index in [1.54, 1.807) is 18.2 Å². The van der Waals surface area contributed by atoms with Crippen molar-refractivity contribution in [2.45, 2.75) is 25.7 Å². The molecular weight excluding hydrogens is 270 g/mol. The van der Waals surface area contributed by atoms with Gasteiger partial charge in [-0.15, -0.1) is 0 Å². The number of anilines is 2. The van der Waals surface area contributed by atoms with E-state index in [0.29, 0.717) is 30.1 Å². The van der Waals surface area contributed by atoms with E-state index in [1.165, 1.54) is 0 Å².